The Morgan fingerprint density at radius 1 is 1.39 bits per heavy atom. The van der Waals surface area contributed by atoms with Crippen molar-refractivity contribution < 1.29 is 14.7 Å². The lowest BCUT2D eigenvalue weighted by atomic mass is 10.1. The minimum absolute atomic E-state index is 0.110. The van der Waals surface area contributed by atoms with Gasteiger partial charge >= 0.3 is 6.03 Å². The Bertz CT molecular complexity index is 308. The minimum Gasteiger partial charge on any atom is -0.389 e. The van der Waals surface area contributed by atoms with Gasteiger partial charge in [-0.15, -0.1) is 0 Å². The third kappa shape index (κ3) is 6.56. The SMILES string of the molecule is CCN(CC(=O)NC(=O)NC1CC1)CC(C)(C)O. The summed E-state index contributed by atoms with van der Waals surface area (Å²) in [5.74, 6) is -0.348. The predicted octanol–water partition coefficient (Wildman–Crippen LogP) is 0.0674. The van der Waals surface area contributed by atoms with Crippen LogP contribution in [0, 0.1) is 0 Å². The van der Waals surface area contributed by atoms with Gasteiger partial charge in [-0.25, -0.2) is 4.79 Å². The monoisotopic (exact) mass is 257 g/mol. The van der Waals surface area contributed by atoms with Crippen molar-refractivity contribution in [1.82, 2.24) is 15.5 Å². The van der Waals surface area contributed by atoms with Gasteiger partial charge in [0.25, 0.3) is 0 Å². The standard InChI is InChI=1S/C12H23N3O3/c1-4-15(8-12(2,3)18)7-10(16)14-11(17)13-9-5-6-9/h9,18H,4-8H2,1-3H3,(H2,13,14,16,17). The zero-order valence-corrected chi connectivity index (χ0v) is 11.3. The Labute approximate surface area is 108 Å². The molecule has 0 aliphatic heterocycles. The van der Waals surface area contributed by atoms with Gasteiger partial charge in [-0.3, -0.25) is 15.0 Å². The molecule has 6 heteroatoms. The van der Waals surface area contributed by atoms with Crippen molar-refractivity contribution in [1.29, 1.82) is 0 Å². The van der Waals surface area contributed by atoms with Crippen molar-refractivity contribution in [2.45, 2.75) is 45.3 Å². The second-order valence-electron chi connectivity index (χ2n) is 5.41. The molecule has 0 spiro atoms. The molecule has 3 amide bonds. The molecule has 0 unspecified atom stereocenters. The van der Waals surface area contributed by atoms with E-state index in [4.69, 9.17) is 0 Å². The van der Waals surface area contributed by atoms with Crippen molar-refractivity contribution in [3.8, 4) is 0 Å². The minimum atomic E-state index is -0.855. The van der Waals surface area contributed by atoms with E-state index in [1.807, 2.05) is 6.92 Å². The third-order valence-electron chi connectivity index (χ3n) is 2.59. The average molecular weight is 257 g/mol. The molecular formula is C12H23N3O3. The second-order valence-corrected chi connectivity index (χ2v) is 5.41. The summed E-state index contributed by atoms with van der Waals surface area (Å²) in [4.78, 5) is 24.8. The first-order valence-corrected chi connectivity index (χ1v) is 6.35. The summed E-state index contributed by atoms with van der Waals surface area (Å²) in [5, 5.41) is 14.7. The molecule has 0 heterocycles. The molecule has 0 aromatic carbocycles. The molecule has 1 aliphatic rings. The van der Waals surface area contributed by atoms with Crippen LogP contribution in [0.25, 0.3) is 0 Å². The molecule has 0 aromatic heterocycles. The fourth-order valence-electron chi connectivity index (χ4n) is 1.65. The van der Waals surface area contributed by atoms with Gasteiger partial charge in [0.15, 0.2) is 0 Å². The normalized spacial score (nSPS) is 15.6. The molecule has 0 atom stereocenters. The van der Waals surface area contributed by atoms with E-state index in [9.17, 15) is 14.7 Å². The lowest BCUT2D eigenvalue weighted by Gasteiger charge is -2.27. The topological polar surface area (TPSA) is 81.7 Å². The van der Waals surface area contributed by atoms with Crippen molar-refractivity contribution in [3.63, 3.8) is 0 Å². The van der Waals surface area contributed by atoms with Gasteiger partial charge in [-0.05, 0) is 33.2 Å². The Kier molecular flexibility index (Phi) is 5.10. The molecule has 1 fully saturated rings. The Morgan fingerprint density at radius 3 is 2.44 bits per heavy atom. The summed E-state index contributed by atoms with van der Waals surface area (Å²) in [6.07, 6.45) is 1.97. The number of imide groups is 1. The fraction of sp³-hybridized carbons (Fsp3) is 0.833. The first-order chi connectivity index (χ1) is 8.30. The van der Waals surface area contributed by atoms with E-state index < -0.39 is 11.6 Å². The number of nitrogens with one attached hydrogen (secondary N) is 2. The van der Waals surface area contributed by atoms with Crippen molar-refractivity contribution >= 4 is 11.9 Å². The van der Waals surface area contributed by atoms with E-state index in [2.05, 4.69) is 10.6 Å². The van der Waals surface area contributed by atoms with E-state index >= 15 is 0 Å². The summed E-state index contributed by atoms with van der Waals surface area (Å²) < 4.78 is 0. The summed E-state index contributed by atoms with van der Waals surface area (Å²) >= 11 is 0. The van der Waals surface area contributed by atoms with Gasteiger partial charge in [0, 0.05) is 12.6 Å². The lowest BCUT2D eigenvalue weighted by Crippen LogP contribution is -2.47. The van der Waals surface area contributed by atoms with Crippen LogP contribution in [0.3, 0.4) is 0 Å². The number of carbonyl (C=O) groups excluding carboxylic acids is 2. The van der Waals surface area contributed by atoms with Crippen LogP contribution in [0.2, 0.25) is 0 Å². The molecule has 0 radical (unpaired) electrons. The quantitative estimate of drug-likeness (QED) is 0.629. The highest BCUT2D eigenvalue weighted by molar-refractivity contribution is 5.95. The van der Waals surface area contributed by atoms with Gasteiger partial charge < -0.3 is 10.4 Å². The van der Waals surface area contributed by atoms with Gasteiger partial charge in [-0.2, -0.15) is 0 Å². The van der Waals surface area contributed by atoms with Crippen LogP contribution >= 0.6 is 0 Å². The van der Waals surface area contributed by atoms with Gasteiger partial charge in [0.1, 0.15) is 0 Å². The number of amides is 3. The largest absolute Gasteiger partial charge is 0.389 e. The maximum atomic E-state index is 11.6. The van der Waals surface area contributed by atoms with E-state index in [1.165, 1.54) is 0 Å². The predicted molar refractivity (Wildman–Crippen MR) is 68.1 cm³/mol. The van der Waals surface area contributed by atoms with Gasteiger partial charge in [0.05, 0.1) is 12.1 Å². The number of likely N-dealkylation sites (N-methyl/N-ethyl adjacent to an activating group) is 1. The van der Waals surface area contributed by atoms with Crippen molar-refractivity contribution in [2.24, 2.45) is 0 Å². The highest BCUT2D eigenvalue weighted by atomic mass is 16.3. The Balaban J connectivity index is 2.29. The van der Waals surface area contributed by atoms with Crippen molar-refractivity contribution in [3.05, 3.63) is 0 Å². The van der Waals surface area contributed by atoms with Crippen LogP contribution in [0.4, 0.5) is 4.79 Å². The maximum absolute atomic E-state index is 11.6. The molecule has 1 rings (SSSR count). The molecule has 1 saturated carbocycles. The smallest absolute Gasteiger partial charge is 0.321 e. The highest BCUT2D eigenvalue weighted by Gasteiger charge is 2.24. The van der Waals surface area contributed by atoms with E-state index in [1.54, 1.807) is 18.7 Å². The number of aliphatic hydroxyl groups is 1. The zero-order chi connectivity index (χ0) is 13.8. The molecule has 104 valence electrons. The Morgan fingerprint density at radius 2 is 2.00 bits per heavy atom. The molecule has 6 nitrogen and oxygen atoms in total. The maximum Gasteiger partial charge on any atom is 0.321 e. The summed E-state index contributed by atoms with van der Waals surface area (Å²) in [6, 6.07) is -0.196. The summed E-state index contributed by atoms with van der Waals surface area (Å²) in [7, 11) is 0. The van der Waals surface area contributed by atoms with E-state index in [0.29, 0.717) is 13.1 Å². The first kappa shape index (κ1) is 14.9. The van der Waals surface area contributed by atoms with Crippen LogP contribution in [0.15, 0.2) is 0 Å². The van der Waals surface area contributed by atoms with Gasteiger partial charge in [-0.1, -0.05) is 6.92 Å². The van der Waals surface area contributed by atoms with Crippen LogP contribution in [0.5, 0.6) is 0 Å². The van der Waals surface area contributed by atoms with Crippen LogP contribution in [-0.4, -0.2) is 53.2 Å². The van der Waals surface area contributed by atoms with E-state index in [-0.39, 0.29) is 18.5 Å². The van der Waals surface area contributed by atoms with Crippen LogP contribution < -0.4 is 10.6 Å². The number of nitrogens with zero attached hydrogens (tertiary/aromatic N) is 1. The number of hydrogen-bond donors (Lipinski definition) is 3. The number of hydrogen-bond acceptors (Lipinski definition) is 4. The zero-order valence-electron chi connectivity index (χ0n) is 11.3. The van der Waals surface area contributed by atoms with Crippen molar-refractivity contribution in [2.75, 3.05) is 19.6 Å². The third-order valence-corrected chi connectivity index (χ3v) is 2.59. The molecule has 1 aliphatic carbocycles. The molecular weight excluding hydrogens is 234 g/mol. The van der Waals surface area contributed by atoms with Gasteiger partial charge in [0.2, 0.25) is 5.91 Å². The number of urea groups is 1. The molecule has 3 N–H and O–H groups in total. The average Bonchev–Trinajstić information content (AvgIpc) is 2.97. The molecule has 0 aromatic rings. The fourth-order valence-corrected chi connectivity index (χ4v) is 1.65. The molecule has 0 bridgehead atoms. The highest BCUT2D eigenvalue weighted by Crippen LogP contribution is 2.18. The van der Waals surface area contributed by atoms with E-state index in [0.717, 1.165) is 12.8 Å². The van der Waals surface area contributed by atoms with Crippen LogP contribution in [-0.2, 0) is 4.79 Å². The summed E-state index contributed by atoms with van der Waals surface area (Å²) in [5.41, 5.74) is -0.855. The molecule has 0 saturated heterocycles. The Hall–Kier alpha value is -1.14. The second kappa shape index (κ2) is 6.15. The molecule has 18 heavy (non-hydrogen) atoms. The number of rotatable bonds is 6. The van der Waals surface area contributed by atoms with Crippen LogP contribution in [0.1, 0.15) is 33.6 Å². The lowest BCUT2D eigenvalue weighted by molar-refractivity contribution is -0.121. The number of carbonyl (C=O) groups is 2. The summed E-state index contributed by atoms with van der Waals surface area (Å²) in [6.45, 7) is 6.42. The first-order valence-electron chi connectivity index (χ1n) is 6.35.